The molecule has 2 aromatic rings. The van der Waals surface area contributed by atoms with Crippen molar-refractivity contribution in [3.63, 3.8) is 0 Å². The molecular weight excluding hydrogens is 326 g/mol. The molecule has 0 aliphatic carbocycles. The average molecular weight is 344 g/mol. The summed E-state index contributed by atoms with van der Waals surface area (Å²) in [4.78, 5) is 0. The normalized spacial score (nSPS) is 13.3. The Morgan fingerprint density at radius 2 is 1.82 bits per heavy atom. The van der Waals surface area contributed by atoms with Crippen LogP contribution in [0.25, 0.3) is 0 Å². The number of aryl methyl sites for hydroxylation is 1. The van der Waals surface area contributed by atoms with E-state index in [9.17, 15) is 13.5 Å². The van der Waals surface area contributed by atoms with Gasteiger partial charge < -0.3 is 9.67 Å². The maximum Gasteiger partial charge on any atom is 0.160 e. The molecule has 0 saturated heterocycles. The van der Waals surface area contributed by atoms with Crippen LogP contribution in [-0.4, -0.2) is 34.0 Å². The lowest BCUT2D eigenvalue weighted by atomic mass is 10.1. The van der Waals surface area contributed by atoms with Gasteiger partial charge in [-0.1, -0.05) is 30.7 Å². The molecule has 0 saturated carbocycles. The third kappa shape index (κ3) is 4.06. The van der Waals surface area contributed by atoms with Gasteiger partial charge in [0.05, 0.1) is 11.9 Å². The highest BCUT2D eigenvalue weighted by molar-refractivity contribution is 7.90. The first kappa shape index (κ1) is 16.9. The van der Waals surface area contributed by atoms with Crippen LogP contribution < -0.4 is 0 Å². The standard InChI is InChI=1S/C14H18ClN3O3S/c1-3-13-16-17-14(18(13)2)9-22(20,21)8-12(19)10-4-6-11(15)7-5-10/h4-7,12,19H,3,8-9H2,1-2H3. The Labute approximate surface area is 134 Å². The summed E-state index contributed by atoms with van der Waals surface area (Å²) < 4.78 is 26.1. The Morgan fingerprint density at radius 1 is 1.23 bits per heavy atom. The second-order valence-corrected chi connectivity index (χ2v) is 7.61. The molecule has 2 rings (SSSR count). The van der Waals surface area contributed by atoms with E-state index in [1.165, 1.54) is 0 Å². The van der Waals surface area contributed by atoms with E-state index in [2.05, 4.69) is 10.2 Å². The fourth-order valence-electron chi connectivity index (χ4n) is 2.11. The fraction of sp³-hybridized carbons (Fsp3) is 0.429. The lowest BCUT2D eigenvalue weighted by Crippen LogP contribution is -2.18. The van der Waals surface area contributed by atoms with Gasteiger partial charge in [-0.3, -0.25) is 0 Å². The lowest BCUT2D eigenvalue weighted by Gasteiger charge is -2.11. The van der Waals surface area contributed by atoms with Gasteiger partial charge in [-0.2, -0.15) is 0 Å². The van der Waals surface area contributed by atoms with Crippen molar-refractivity contribution in [3.05, 3.63) is 46.5 Å². The largest absolute Gasteiger partial charge is 0.387 e. The minimum atomic E-state index is -3.52. The van der Waals surface area contributed by atoms with Crippen LogP contribution in [0.4, 0.5) is 0 Å². The molecule has 0 amide bonds. The van der Waals surface area contributed by atoms with E-state index in [0.29, 0.717) is 22.8 Å². The summed E-state index contributed by atoms with van der Waals surface area (Å²) >= 11 is 5.77. The van der Waals surface area contributed by atoms with Crippen LogP contribution in [0.1, 0.15) is 30.2 Å². The molecule has 0 aliphatic heterocycles. The van der Waals surface area contributed by atoms with Crippen molar-refractivity contribution in [3.8, 4) is 0 Å². The zero-order valence-corrected chi connectivity index (χ0v) is 14.0. The van der Waals surface area contributed by atoms with Crippen LogP contribution in [0.3, 0.4) is 0 Å². The van der Waals surface area contributed by atoms with Crippen LogP contribution >= 0.6 is 11.6 Å². The van der Waals surface area contributed by atoms with Gasteiger partial charge >= 0.3 is 0 Å². The second kappa shape index (κ2) is 6.76. The molecule has 8 heteroatoms. The van der Waals surface area contributed by atoms with Crippen LogP contribution in [0.2, 0.25) is 5.02 Å². The zero-order valence-electron chi connectivity index (χ0n) is 12.4. The maximum atomic E-state index is 12.2. The Kier molecular flexibility index (Phi) is 5.20. The summed E-state index contributed by atoms with van der Waals surface area (Å²) in [5.74, 6) is 0.480. The summed E-state index contributed by atoms with van der Waals surface area (Å²) in [5, 5.41) is 18.4. The van der Waals surface area contributed by atoms with Crippen LogP contribution in [0.15, 0.2) is 24.3 Å². The fourth-order valence-corrected chi connectivity index (χ4v) is 3.67. The van der Waals surface area contributed by atoms with E-state index in [1.807, 2.05) is 6.92 Å². The van der Waals surface area contributed by atoms with Gasteiger partial charge in [-0.15, -0.1) is 10.2 Å². The van der Waals surface area contributed by atoms with Crippen molar-refractivity contribution in [1.82, 2.24) is 14.8 Å². The molecule has 0 aliphatic rings. The highest BCUT2D eigenvalue weighted by Crippen LogP contribution is 2.19. The third-order valence-electron chi connectivity index (χ3n) is 3.39. The van der Waals surface area contributed by atoms with E-state index in [1.54, 1.807) is 35.9 Å². The van der Waals surface area contributed by atoms with Crippen molar-refractivity contribution in [2.75, 3.05) is 5.75 Å². The first-order valence-electron chi connectivity index (χ1n) is 6.83. The first-order valence-corrected chi connectivity index (χ1v) is 9.03. The molecule has 0 bridgehead atoms. The summed E-state index contributed by atoms with van der Waals surface area (Å²) in [5.41, 5.74) is 0.514. The van der Waals surface area contributed by atoms with Gasteiger partial charge in [0.1, 0.15) is 17.4 Å². The summed E-state index contributed by atoms with van der Waals surface area (Å²) in [6.45, 7) is 1.92. The molecule has 22 heavy (non-hydrogen) atoms. The molecule has 1 aromatic carbocycles. The smallest absolute Gasteiger partial charge is 0.160 e. The average Bonchev–Trinajstić information content (AvgIpc) is 2.79. The third-order valence-corrected chi connectivity index (χ3v) is 5.16. The molecule has 0 radical (unpaired) electrons. The number of benzene rings is 1. The summed E-state index contributed by atoms with van der Waals surface area (Å²) in [6.07, 6.45) is -0.419. The highest BCUT2D eigenvalue weighted by atomic mass is 35.5. The molecule has 1 aromatic heterocycles. The molecular formula is C14H18ClN3O3S. The molecule has 6 nitrogen and oxygen atoms in total. The summed E-state index contributed by atoms with van der Waals surface area (Å²) in [7, 11) is -1.78. The number of nitrogens with zero attached hydrogens (tertiary/aromatic N) is 3. The predicted molar refractivity (Wildman–Crippen MR) is 84.3 cm³/mol. The Hall–Kier alpha value is -1.44. The Morgan fingerprint density at radius 3 is 2.36 bits per heavy atom. The molecule has 0 fully saturated rings. The van der Waals surface area contributed by atoms with Gasteiger partial charge in [-0.05, 0) is 17.7 Å². The predicted octanol–water partition coefficient (Wildman–Crippen LogP) is 1.68. The minimum absolute atomic E-state index is 0.249. The first-order chi connectivity index (χ1) is 10.3. The van der Waals surface area contributed by atoms with Crippen molar-refractivity contribution < 1.29 is 13.5 Å². The molecule has 1 heterocycles. The molecule has 0 spiro atoms. The van der Waals surface area contributed by atoms with Crippen molar-refractivity contribution in [2.45, 2.75) is 25.2 Å². The van der Waals surface area contributed by atoms with E-state index in [0.717, 1.165) is 5.82 Å². The van der Waals surface area contributed by atoms with Crippen molar-refractivity contribution in [2.24, 2.45) is 7.05 Å². The van der Waals surface area contributed by atoms with Crippen molar-refractivity contribution in [1.29, 1.82) is 0 Å². The number of sulfone groups is 1. The van der Waals surface area contributed by atoms with Crippen LogP contribution in [0, 0.1) is 0 Å². The number of hydrogen-bond donors (Lipinski definition) is 1. The van der Waals surface area contributed by atoms with Crippen LogP contribution in [0.5, 0.6) is 0 Å². The number of halogens is 1. The van der Waals surface area contributed by atoms with Gasteiger partial charge in [-0.25, -0.2) is 8.42 Å². The second-order valence-electron chi connectivity index (χ2n) is 5.07. The van der Waals surface area contributed by atoms with E-state index >= 15 is 0 Å². The van der Waals surface area contributed by atoms with E-state index < -0.39 is 15.9 Å². The Balaban J connectivity index is 2.10. The van der Waals surface area contributed by atoms with Gasteiger partial charge in [0.25, 0.3) is 0 Å². The molecule has 1 atom stereocenters. The molecule has 1 N–H and O–H groups in total. The molecule has 1 unspecified atom stereocenters. The van der Waals surface area contributed by atoms with E-state index in [-0.39, 0.29) is 11.5 Å². The highest BCUT2D eigenvalue weighted by Gasteiger charge is 2.22. The minimum Gasteiger partial charge on any atom is -0.387 e. The quantitative estimate of drug-likeness (QED) is 0.862. The molecule has 120 valence electrons. The number of rotatable bonds is 6. The monoisotopic (exact) mass is 343 g/mol. The van der Waals surface area contributed by atoms with Crippen LogP contribution in [-0.2, 0) is 29.1 Å². The van der Waals surface area contributed by atoms with E-state index in [4.69, 9.17) is 11.6 Å². The number of aliphatic hydroxyl groups is 1. The maximum absolute atomic E-state index is 12.2. The number of aromatic nitrogens is 3. The number of hydrogen-bond acceptors (Lipinski definition) is 5. The summed E-state index contributed by atoms with van der Waals surface area (Å²) in [6, 6.07) is 6.45. The lowest BCUT2D eigenvalue weighted by molar-refractivity contribution is 0.201. The SMILES string of the molecule is CCc1nnc(CS(=O)(=O)CC(O)c2ccc(Cl)cc2)n1C. The Bertz CT molecular complexity index is 741. The number of aliphatic hydroxyl groups excluding tert-OH is 1. The zero-order chi connectivity index (χ0) is 16.3. The van der Waals surface area contributed by atoms with Gasteiger partial charge in [0.2, 0.25) is 0 Å². The van der Waals surface area contributed by atoms with Gasteiger partial charge in [0.15, 0.2) is 9.84 Å². The topological polar surface area (TPSA) is 85.1 Å². The van der Waals surface area contributed by atoms with Crippen molar-refractivity contribution >= 4 is 21.4 Å². The van der Waals surface area contributed by atoms with Gasteiger partial charge in [0, 0.05) is 18.5 Å².